The van der Waals surface area contributed by atoms with E-state index in [0.29, 0.717) is 5.92 Å². The molecule has 1 aromatic carbocycles. The number of rotatable bonds is 1. The molecule has 0 amide bonds. The lowest BCUT2D eigenvalue weighted by molar-refractivity contribution is 0.873. The summed E-state index contributed by atoms with van der Waals surface area (Å²) < 4.78 is 0.845. The van der Waals surface area contributed by atoms with Crippen LogP contribution in [0.4, 0.5) is 0 Å². The Kier molecular flexibility index (Phi) is 2.98. The van der Waals surface area contributed by atoms with Crippen molar-refractivity contribution in [3.63, 3.8) is 0 Å². The predicted molar refractivity (Wildman–Crippen MR) is 68.5 cm³/mol. The summed E-state index contributed by atoms with van der Waals surface area (Å²) in [6.45, 7) is 4.32. The van der Waals surface area contributed by atoms with Crippen molar-refractivity contribution in [2.24, 2.45) is 0 Å². The summed E-state index contributed by atoms with van der Waals surface area (Å²) in [6.07, 6.45) is 1.76. The summed E-state index contributed by atoms with van der Waals surface area (Å²) in [4.78, 5) is 4.43. The van der Waals surface area contributed by atoms with Crippen molar-refractivity contribution in [3.8, 4) is 0 Å². The van der Waals surface area contributed by atoms with Gasteiger partial charge in [-0.2, -0.15) is 0 Å². The summed E-state index contributed by atoms with van der Waals surface area (Å²) in [6, 6.07) is 6.13. The summed E-state index contributed by atoms with van der Waals surface area (Å²) in [7, 11) is 0. The molecule has 0 bridgehead atoms. The SMILES string of the molecule is CC(C)c1cccc2c(Cl)c(Br)cnc12. The van der Waals surface area contributed by atoms with E-state index in [0.717, 1.165) is 20.4 Å². The first-order chi connectivity index (χ1) is 7.11. The van der Waals surface area contributed by atoms with Gasteiger partial charge in [0, 0.05) is 11.6 Å². The standard InChI is InChI=1S/C12H11BrClN/c1-7(2)8-4-3-5-9-11(14)10(13)6-15-12(8)9/h3-7H,1-2H3. The van der Waals surface area contributed by atoms with Crippen LogP contribution in [0.3, 0.4) is 0 Å². The highest BCUT2D eigenvalue weighted by atomic mass is 79.9. The molecule has 0 aliphatic carbocycles. The highest BCUT2D eigenvalue weighted by Gasteiger charge is 2.09. The fourth-order valence-electron chi connectivity index (χ4n) is 1.66. The zero-order valence-electron chi connectivity index (χ0n) is 8.59. The molecule has 78 valence electrons. The molecular formula is C12H11BrClN. The molecule has 0 unspecified atom stereocenters. The molecule has 3 heteroatoms. The van der Waals surface area contributed by atoms with Crippen LogP contribution in [-0.4, -0.2) is 4.98 Å². The number of pyridine rings is 1. The van der Waals surface area contributed by atoms with Crippen LogP contribution in [0.2, 0.25) is 5.02 Å². The van der Waals surface area contributed by atoms with Crippen LogP contribution in [0.25, 0.3) is 10.9 Å². The Morgan fingerprint density at radius 3 is 2.73 bits per heavy atom. The van der Waals surface area contributed by atoms with E-state index in [1.54, 1.807) is 6.20 Å². The van der Waals surface area contributed by atoms with Crippen LogP contribution in [0.1, 0.15) is 25.3 Å². The van der Waals surface area contributed by atoms with E-state index < -0.39 is 0 Å². The average molecular weight is 285 g/mol. The van der Waals surface area contributed by atoms with Crippen molar-refractivity contribution in [2.45, 2.75) is 19.8 Å². The van der Waals surface area contributed by atoms with Crippen LogP contribution >= 0.6 is 27.5 Å². The first-order valence-corrected chi connectivity index (χ1v) is 6.01. The van der Waals surface area contributed by atoms with Gasteiger partial charge in [-0.3, -0.25) is 4.98 Å². The normalized spacial score (nSPS) is 11.3. The molecule has 0 atom stereocenters. The van der Waals surface area contributed by atoms with Gasteiger partial charge in [-0.15, -0.1) is 0 Å². The van der Waals surface area contributed by atoms with E-state index in [1.807, 2.05) is 12.1 Å². The molecule has 0 saturated heterocycles. The van der Waals surface area contributed by atoms with Crippen LogP contribution in [0.5, 0.6) is 0 Å². The Morgan fingerprint density at radius 2 is 2.07 bits per heavy atom. The van der Waals surface area contributed by atoms with Crippen molar-refractivity contribution in [2.75, 3.05) is 0 Å². The number of nitrogens with zero attached hydrogens (tertiary/aromatic N) is 1. The van der Waals surface area contributed by atoms with Gasteiger partial charge in [-0.05, 0) is 27.4 Å². The predicted octanol–water partition coefficient (Wildman–Crippen LogP) is 4.77. The molecular weight excluding hydrogens is 273 g/mol. The smallest absolute Gasteiger partial charge is 0.0752 e. The monoisotopic (exact) mass is 283 g/mol. The zero-order chi connectivity index (χ0) is 11.0. The maximum atomic E-state index is 6.22. The van der Waals surface area contributed by atoms with Gasteiger partial charge in [0.15, 0.2) is 0 Å². The molecule has 2 aromatic rings. The van der Waals surface area contributed by atoms with Gasteiger partial charge in [-0.1, -0.05) is 43.6 Å². The van der Waals surface area contributed by atoms with Crippen LogP contribution in [0, 0.1) is 0 Å². The molecule has 15 heavy (non-hydrogen) atoms. The molecule has 2 rings (SSSR count). The second-order valence-electron chi connectivity index (χ2n) is 3.82. The van der Waals surface area contributed by atoms with Gasteiger partial charge in [-0.25, -0.2) is 0 Å². The number of hydrogen-bond acceptors (Lipinski definition) is 1. The van der Waals surface area contributed by atoms with Gasteiger partial charge in [0.25, 0.3) is 0 Å². The fourth-order valence-corrected chi connectivity index (χ4v) is 2.17. The number of aromatic nitrogens is 1. The van der Waals surface area contributed by atoms with Gasteiger partial charge in [0.2, 0.25) is 0 Å². The zero-order valence-corrected chi connectivity index (χ0v) is 10.9. The third-order valence-electron chi connectivity index (χ3n) is 2.44. The first kappa shape index (κ1) is 10.9. The minimum absolute atomic E-state index is 0.457. The van der Waals surface area contributed by atoms with Crippen LogP contribution < -0.4 is 0 Å². The van der Waals surface area contributed by atoms with Crippen molar-refractivity contribution in [1.29, 1.82) is 0 Å². The molecule has 0 radical (unpaired) electrons. The van der Waals surface area contributed by atoms with Gasteiger partial charge < -0.3 is 0 Å². The maximum Gasteiger partial charge on any atom is 0.0752 e. The lowest BCUT2D eigenvalue weighted by atomic mass is 10.00. The van der Waals surface area contributed by atoms with E-state index in [4.69, 9.17) is 11.6 Å². The quantitative estimate of drug-likeness (QED) is 0.735. The van der Waals surface area contributed by atoms with Crippen molar-refractivity contribution in [1.82, 2.24) is 4.98 Å². The van der Waals surface area contributed by atoms with Crippen molar-refractivity contribution >= 4 is 38.4 Å². The summed E-state index contributed by atoms with van der Waals surface area (Å²) in [5.74, 6) is 0.457. The Labute approximate surface area is 103 Å². The minimum Gasteiger partial charge on any atom is -0.255 e. The number of halogens is 2. The lowest BCUT2D eigenvalue weighted by Gasteiger charge is -2.10. The number of fused-ring (bicyclic) bond motifs is 1. The lowest BCUT2D eigenvalue weighted by Crippen LogP contribution is -1.92. The summed E-state index contributed by atoms with van der Waals surface area (Å²) >= 11 is 9.60. The third-order valence-corrected chi connectivity index (χ3v) is 3.68. The first-order valence-electron chi connectivity index (χ1n) is 4.84. The molecule has 1 aromatic heterocycles. The number of para-hydroxylation sites is 1. The fraction of sp³-hybridized carbons (Fsp3) is 0.250. The van der Waals surface area contributed by atoms with Crippen LogP contribution in [-0.2, 0) is 0 Å². The molecule has 0 saturated carbocycles. The Balaban J connectivity index is 2.83. The van der Waals surface area contributed by atoms with Crippen molar-refractivity contribution in [3.05, 3.63) is 39.5 Å². The molecule has 1 nitrogen and oxygen atoms in total. The highest BCUT2D eigenvalue weighted by molar-refractivity contribution is 9.10. The summed E-state index contributed by atoms with van der Waals surface area (Å²) in [5, 5.41) is 1.75. The molecule has 0 spiro atoms. The minimum atomic E-state index is 0.457. The second kappa shape index (κ2) is 4.11. The van der Waals surface area contributed by atoms with E-state index in [1.165, 1.54) is 5.56 Å². The van der Waals surface area contributed by atoms with Gasteiger partial charge >= 0.3 is 0 Å². The summed E-state index contributed by atoms with van der Waals surface area (Å²) in [5.41, 5.74) is 2.24. The number of hydrogen-bond donors (Lipinski definition) is 0. The molecule has 0 N–H and O–H groups in total. The molecule has 0 aliphatic rings. The third kappa shape index (κ3) is 1.88. The highest BCUT2D eigenvalue weighted by Crippen LogP contribution is 2.32. The Hall–Kier alpha value is -0.600. The van der Waals surface area contributed by atoms with E-state index in [-0.39, 0.29) is 0 Å². The van der Waals surface area contributed by atoms with Crippen molar-refractivity contribution < 1.29 is 0 Å². The molecule has 0 fully saturated rings. The maximum absolute atomic E-state index is 6.22. The number of benzene rings is 1. The van der Waals surface area contributed by atoms with Gasteiger partial charge in [0.05, 0.1) is 15.0 Å². The van der Waals surface area contributed by atoms with E-state index in [9.17, 15) is 0 Å². The van der Waals surface area contributed by atoms with Crippen LogP contribution in [0.15, 0.2) is 28.9 Å². The average Bonchev–Trinajstić information content (AvgIpc) is 2.23. The van der Waals surface area contributed by atoms with Gasteiger partial charge in [0.1, 0.15) is 0 Å². The van der Waals surface area contributed by atoms with E-state index in [2.05, 4.69) is 40.8 Å². The Morgan fingerprint density at radius 1 is 1.33 bits per heavy atom. The topological polar surface area (TPSA) is 12.9 Å². The Bertz CT molecular complexity index is 508. The molecule has 1 heterocycles. The largest absolute Gasteiger partial charge is 0.255 e. The second-order valence-corrected chi connectivity index (χ2v) is 5.05. The van der Waals surface area contributed by atoms with E-state index >= 15 is 0 Å². The molecule has 0 aliphatic heterocycles.